The quantitative estimate of drug-likeness (QED) is 0.660. The second-order valence-electron chi connectivity index (χ2n) is 3.66. The largest absolute Gasteiger partial charge is 0.480 e. The molecule has 7 nitrogen and oxygen atoms in total. The minimum Gasteiger partial charge on any atom is -0.480 e. The van der Waals surface area contributed by atoms with Crippen molar-refractivity contribution < 1.29 is 14.7 Å². The lowest BCUT2D eigenvalue weighted by Gasteiger charge is -2.10. The van der Waals surface area contributed by atoms with Gasteiger partial charge >= 0.3 is 12.0 Å². The van der Waals surface area contributed by atoms with Gasteiger partial charge in [0.15, 0.2) is 0 Å². The van der Waals surface area contributed by atoms with Gasteiger partial charge in [-0.3, -0.25) is 4.79 Å². The average molecular weight is 240 g/mol. The summed E-state index contributed by atoms with van der Waals surface area (Å²) in [5, 5.41) is 13.5. The Labute approximate surface area is 98.8 Å². The first-order valence-corrected chi connectivity index (χ1v) is 5.24. The summed E-state index contributed by atoms with van der Waals surface area (Å²) in [5.41, 5.74) is 0. The summed E-state index contributed by atoms with van der Waals surface area (Å²) in [6.45, 7) is 1.81. The van der Waals surface area contributed by atoms with Crippen LogP contribution >= 0.6 is 0 Å². The zero-order valence-corrected chi connectivity index (χ0v) is 9.80. The summed E-state index contributed by atoms with van der Waals surface area (Å²) < 4.78 is 1.86. The molecule has 0 aliphatic heterocycles. The van der Waals surface area contributed by atoms with Crippen LogP contribution in [0.2, 0.25) is 0 Å². The second kappa shape index (κ2) is 5.88. The number of aromatic nitrogens is 2. The number of imidazole rings is 1. The number of carboxylic acid groups (broad SMARTS) is 1. The van der Waals surface area contributed by atoms with Crippen molar-refractivity contribution in [3.8, 4) is 0 Å². The highest BCUT2D eigenvalue weighted by atomic mass is 16.4. The molecule has 2 amide bonds. The average Bonchev–Trinajstić information content (AvgIpc) is 2.64. The molecule has 17 heavy (non-hydrogen) atoms. The third-order valence-electron chi connectivity index (χ3n) is 2.27. The molecule has 0 aliphatic carbocycles. The van der Waals surface area contributed by atoms with Gasteiger partial charge in [0.1, 0.15) is 11.9 Å². The Balaban J connectivity index is 2.25. The van der Waals surface area contributed by atoms with Crippen molar-refractivity contribution in [2.24, 2.45) is 7.05 Å². The van der Waals surface area contributed by atoms with Crippen LogP contribution in [0.25, 0.3) is 0 Å². The molecule has 0 bridgehead atoms. The monoisotopic (exact) mass is 240 g/mol. The molecule has 1 aromatic rings. The minimum atomic E-state index is -1.07. The van der Waals surface area contributed by atoms with E-state index >= 15 is 0 Å². The highest BCUT2D eigenvalue weighted by Crippen LogP contribution is 1.93. The van der Waals surface area contributed by atoms with Crippen LogP contribution in [0, 0.1) is 0 Å². The maximum Gasteiger partial charge on any atom is 0.325 e. The predicted octanol–water partition coefficient (Wildman–Crippen LogP) is -0.265. The number of carbonyl (C=O) groups is 2. The van der Waals surface area contributed by atoms with Gasteiger partial charge in [-0.2, -0.15) is 0 Å². The molecule has 0 radical (unpaired) electrons. The Hall–Kier alpha value is -2.05. The Bertz CT molecular complexity index is 402. The Kier molecular flexibility index (Phi) is 4.50. The van der Waals surface area contributed by atoms with Gasteiger partial charge in [0.05, 0.1) is 0 Å². The summed E-state index contributed by atoms with van der Waals surface area (Å²) in [6, 6.07) is -1.39. The highest BCUT2D eigenvalue weighted by Gasteiger charge is 2.13. The lowest BCUT2D eigenvalue weighted by atomic mass is 10.3. The molecule has 0 spiro atoms. The van der Waals surface area contributed by atoms with E-state index in [0.29, 0.717) is 13.0 Å². The summed E-state index contributed by atoms with van der Waals surface area (Å²) >= 11 is 0. The molecule has 0 fully saturated rings. The topological polar surface area (TPSA) is 96.3 Å². The number of rotatable bonds is 5. The molecule has 0 saturated carbocycles. The van der Waals surface area contributed by atoms with E-state index in [-0.39, 0.29) is 0 Å². The lowest BCUT2D eigenvalue weighted by Crippen LogP contribution is -2.44. The summed E-state index contributed by atoms with van der Waals surface area (Å²) in [4.78, 5) is 25.8. The van der Waals surface area contributed by atoms with Crippen molar-refractivity contribution in [1.82, 2.24) is 20.2 Å². The fourth-order valence-electron chi connectivity index (χ4n) is 1.23. The van der Waals surface area contributed by atoms with Gasteiger partial charge in [-0.1, -0.05) is 0 Å². The summed E-state index contributed by atoms with van der Waals surface area (Å²) in [6.07, 6.45) is 4.10. The third-order valence-corrected chi connectivity index (χ3v) is 2.27. The minimum absolute atomic E-state index is 0.406. The van der Waals surface area contributed by atoms with Crippen molar-refractivity contribution in [2.45, 2.75) is 19.4 Å². The van der Waals surface area contributed by atoms with Crippen LogP contribution in [-0.4, -0.2) is 39.2 Å². The van der Waals surface area contributed by atoms with Crippen LogP contribution in [0.4, 0.5) is 4.79 Å². The third kappa shape index (κ3) is 4.13. The second-order valence-corrected chi connectivity index (χ2v) is 3.66. The van der Waals surface area contributed by atoms with E-state index in [2.05, 4.69) is 15.6 Å². The van der Waals surface area contributed by atoms with Gasteiger partial charge in [-0.15, -0.1) is 0 Å². The first-order valence-electron chi connectivity index (χ1n) is 5.24. The molecule has 94 valence electrons. The zero-order valence-electron chi connectivity index (χ0n) is 9.80. The lowest BCUT2D eigenvalue weighted by molar-refractivity contribution is -0.138. The van der Waals surface area contributed by atoms with E-state index < -0.39 is 18.0 Å². The first kappa shape index (κ1) is 13.0. The smallest absolute Gasteiger partial charge is 0.325 e. The molecule has 1 aromatic heterocycles. The van der Waals surface area contributed by atoms with Crippen LogP contribution in [0.5, 0.6) is 0 Å². The molecule has 1 atom stereocenters. The van der Waals surface area contributed by atoms with E-state index in [1.807, 2.05) is 17.8 Å². The van der Waals surface area contributed by atoms with E-state index in [0.717, 1.165) is 5.82 Å². The van der Waals surface area contributed by atoms with Gasteiger partial charge in [0.25, 0.3) is 0 Å². The van der Waals surface area contributed by atoms with Crippen molar-refractivity contribution in [3.05, 3.63) is 18.2 Å². The van der Waals surface area contributed by atoms with Crippen LogP contribution in [0.15, 0.2) is 12.4 Å². The number of carboxylic acids is 1. The van der Waals surface area contributed by atoms with Crippen LogP contribution in [0.1, 0.15) is 12.7 Å². The van der Waals surface area contributed by atoms with Gasteiger partial charge in [0, 0.05) is 32.4 Å². The Morgan fingerprint density at radius 2 is 2.29 bits per heavy atom. The molecule has 0 saturated heterocycles. The molecule has 3 N–H and O–H groups in total. The number of hydrogen-bond donors (Lipinski definition) is 3. The number of urea groups is 1. The zero-order chi connectivity index (χ0) is 12.8. The number of aryl methyl sites for hydroxylation is 1. The molecule has 1 heterocycles. The van der Waals surface area contributed by atoms with Crippen molar-refractivity contribution in [1.29, 1.82) is 0 Å². The van der Waals surface area contributed by atoms with Crippen molar-refractivity contribution >= 4 is 12.0 Å². The molecule has 0 aromatic carbocycles. The van der Waals surface area contributed by atoms with Gasteiger partial charge in [-0.05, 0) is 6.92 Å². The molecule has 0 aliphatic rings. The Morgan fingerprint density at radius 3 is 2.82 bits per heavy atom. The number of hydrogen-bond acceptors (Lipinski definition) is 3. The number of amides is 2. The fourth-order valence-corrected chi connectivity index (χ4v) is 1.23. The van der Waals surface area contributed by atoms with E-state index in [9.17, 15) is 9.59 Å². The van der Waals surface area contributed by atoms with E-state index in [1.54, 1.807) is 6.20 Å². The van der Waals surface area contributed by atoms with Gasteiger partial charge in [0.2, 0.25) is 0 Å². The first-order chi connectivity index (χ1) is 8.00. The number of nitrogens with zero attached hydrogens (tertiary/aromatic N) is 2. The number of carbonyl (C=O) groups excluding carboxylic acids is 1. The molecule has 7 heteroatoms. The molecule has 0 unspecified atom stereocenters. The number of aliphatic carboxylic acids is 1. The summed E-state index contributed by atoms with van der Waals surface area (Å²) in [5.74, 6) is -0.208. The molecular weight excluding hydrogens is 224 g/mol. The van der Waals surface area contributed by atoms with E-state index in [1.165, 1.54) is 6.92 Å². The van der Waals surface area contributed by atoms with Crippen LogP contribution in [-0.2, 0) is 18.3 Å². The molecular formula is C10H16N4O3. The van der Waals surface area contributed by atoms with Crippen molar-refractivity contribution in [2.75, 3.05) is 6.54 Å². The number of nitrogens with one attached hydrogen (secondary N) is 2. The normalized spacial score (nSPS) is 11.9. The fraction of sp³-hybridized carbons (Fsp3) is 0.500. The van der Waals surface area contributed by atoms with Crippen molar-refractivity contribution in [3.63, 3.8) is 0 Å². The van der Waals surface area contributed by atoms with Crippen LogP contribution in [0.3, 0.4) is 0 Å². The van der Waals surface area contributed by atoms with E-state index in [4.69, 9.17) is 5.11 Å². The molecule has 1 rings (SSSR count). The maximum absolute atomic E-state index is 11.3. The SMILES string of the molecule is C[C@H](NC(=O)NCCc1nccn1C)C(=O)O. The summed E-state index contributed by atoms with van der Waals surface area (Å²) in [7, 11) is 1.87. The Morgan fingerprint density at radius 1 is 1.59 bits per heavy atom. The standard InChI is InChI=1S/C10H16N4O3/c1-7(9(15)16)13-10(17)12-4-3-8-11-5-6-14(8)2/h5-7H,3-4H2,1-2H3,(H,15,16)(H2,12,13,17)/t7-/m0/s1. The van der Waals surface area contributed by atoms with Crippen LogP contribution < -0.4 is 10.6 Å². The van der Waals surface area contributed by atoms with Gasteiger partial charge in [-0.25, -0.2) is 9.78 Å². The maximum atomic E-state index is 11.3. The predicted molar refractivity (Wildman–Crippen MR) is 60.5 cm³/mol. The highest BCUT2D eigenvalue weighted by molar-refractivity contribution is 5.82. The van der Waals surface area contributed by atoms with Gasteiger partial charge < -0.3 is 20.3 Å².